The topological polar surface area (TPSA) is 307 Å². The smallest absolute Gasteiger partial charge is 0.404 e. The van der Waals surface area contributed by atoms with Crippen molar-refractivity contribution < 1.29 is 62.9 Å². The van der Waals surface area contributed by atoms with Gasteiger partial charge in [0.1, 0.15) is 59.7 Å². The van der Waals surface area contributed by atoms with Crippen LogP contribution in [0.25, 0.3) is 0 Å². The highest BCUT2D eigenvalue weighted by molar-refractivity contribution is 8.00. The first-order chi connectivity index (χ1) is 26.7. The lowest BCUT2D eigenvalue weighted by atomic mass is 10.0. The van der Waals surface area contributed by atoms with Gasteiger partial charge in [-0.3, -0.25) is 29.0 Å². The molecule has 2 aromatic rings. The average molecular weight is 814 g/mol. The van der Waals surface area contributed by atoms with Crippen LogP contribution in [0.15, 0.2) is 86.9 Å². The van der Waals surface area contributed by atoms with E-state index in [1.54, 1.807) is 25.1 Å². The second-order valence-electron chi connectivity index (χ2n) is 12.0. The van der Waals surface area contributed by atoms with E-state index in [1.807, 2.05) is 0 Å². The first-order valence-corrected chi connectivity index (χ1v) is 18.5. The van der Waals surface area contributed by atoms with Gasteiger partial charge in [-0.25, -0.2) is 14.4 Å². The second-order valence-corrected chi connectivity index (χ2v) is 14.2. The summed E-state index contributed by atoms with van der Waals surface area (Å²) in [7, 11) is 1.25. The van der Waals surface area contributed by atoms with Crippen molar-refractivity contribution in [3.63, 3.8) is 0 Å². The van der Waals surface area contributed by atoms with Gasteiger partial charge in [-0.05, 0) is 42.3 Å². The number of phenols is 1. The molecule has 0 radical (unpaired) electrons. The van der Waals surface area contributed by atoms with Gasteiger partial charge >= 0.3 is 18.0 Å². The number of nitrogens with two attached hydrogens (primary N) is 2. The van der Waals surface area contributed by atoms with Crippen LogP contribution in [-0.2, 0) is 38.3 Å². The van der Waals surface area contributed by atoms with E-state index in [-0.39, 0.29) is 46.5 Å². The van der Waals surface area contributed by atoms with Gasteiger partial charge in [-0.15, -0.1) is 23.5 Å². The van der Waals surface area contributed by atoms with Gasteiger partial charge in [0.25, 0.3) is 17.7 Å². The van der Waals surface area contributed by atoms with E-state index >= 15 is 0 Å². The monoisotopic (exact) mass is 813 g/mol. The fraction of sp³-hybridized carbons (Fsp3) is 0.294. The van der Waals surface area contributed by atoms with Gasteiger partial charge < -0.3 is 51.4 Å². The van der Waals surface area contributed by atoms with Crippen LogP contribution in [0.4, 0.5) is 4.79 Å². The third-order valence-corrected chi connectivity index (χ3v) is 11.1. The van der Waals surface area contributed by atoms with Crippen LogP contribution in [0.5, 0.6) is 5.75 Å². The number of carbonyl (C=O) groups is 7. The molecular weight excluding hydrogens is 779 g/mol. The lowest BCUT2D eigenvalue weighted by Crippen LogP contribution is -2.71. The molecule has 6 rings (SSSR count). The zero-order valence-corrected chi connectivity index (χ0v) is 31.1. The van der Waals surface area contributed by atoms with Crippen molar-refractivity contribution in [2.24, 2.45) is 16.6 Å². The Morgan fingerprint density at radius 3 is 2.14 bits per heavy atom. The van der Waals surface area contributed by atoms with Crippen molar-refractivity contribution in [3.8, 4) is 5.75 Å². The number of carbonyl (C=O) groups excluding carboxylic acids is 5. The summed E-state index contributed by atoms with van der Waals surface area (Å²) in [5.41, 5.74) is 11.6. The minimum Gasteiger partial charge on any atom is -0.508 e. The first-order valence-electron chi connectivity index (χ1n) is 16.4. The van der Waals surface area contributed by atoms with Gasteiger partial charge in [0, 0.05) is 17.1 Å². The van der Waals surface area contributed by atoms with E-state index in [4.69, 9.17) is 15.9 Å². The van der Waals surface area contributed by atoms with Crippen molar-refractivity contribution in [3.05, 3.63) is 88.7 Å². The molecule has 0 aliphatic carbocycles. The van der Waals surface area contributed by atoms with E-state index in [0.29, 0.717) is 16.9 Å². The number of β-lactam (4-membered cyclic amide) rings is 2. The molecule has 0 spiro atoms. The van der Waals surface area contributed by atoms with E-state index in [2.05, 4.69) is 25.4 Å². The molecule has 296 valence electrons. The molecule has 0 bridgehead atoms. The van der Waals surface area contributed by atoms with Crippen LogP contribution in [0, 0.1) is 0 Å². The number of hydrogen-bond acceptors (Lipinski definition) is 15. The highest BCUT2D eigenvalue weighted by Gasteiger charge is 2.55. The summed E-state index contributed by atoms with van der Waals surface area (Å²) in [6, 6.07) is 6.14. The van der Waals surface area contributed by atoms with Crippen molar-refractivity contribution >= 4 is 70.9 Å². The van der Waals surface area contributed by atoms with E-state index in [1.165, 1.54) is 72.1 Å². The number of thioether (sulfide) groups is 2. The lowest BCUT2D eigenvalue weighted by Gasteiger charge is -2.49. The molecule has 5 heterocycles. The van der Waals surface area contributed by atoms with Gasteiger partial charge in [0.15, 0.2) is 5.76 Å². The fourth-order valence-corrected chi connectivity index (χ4v) is 8.56. The molecule has 22 heteroatoms. The number of hydrogen-bond donors (Lipinski definition) is 7. The summed E-state index contributed by atoms with van der Waals surface area (Å²) in [6.45, 7) is 1.43. The van der Waals surface area contributed by atoms with E-state index in [9.17, 15) is 48.9 Å². The molecule has 56 heavy (non-hydrogen) atoms. The largest absolute Gasteiger partial charge is 0.508 e. The molecule has 5 atom stereocenters. The Labute approximate surface area is 325 Å². The number of amides is 5. The van der Waals surface area contributed by atoms with Crippen molar-refractivity contribution in [2.45, 2.75) is 35.8 Å². The quantitative estimate of drug-likeness (QED) is 0.0853. The van der Waals surface area contributed by atoms with Gasteiger partial charge in [0.2, 0.25) is 11.6 Å². The fourth-order valence-electron chi connectivity index (χ4n) is 5.91. The Morgan fingerprint density at radius 1 is 0.982 bits per heavy atom. The number of carboxylic acids is 2. The normalized spacial score (nSPS) is 22.1. The molecule has 9 N–H and O–H groups in total. The summed E-state index contributed by atoms with van der Waals surface area (Å²) >= 11 is 2.60. The number of carboxylic acid groups (broad SMARTS) is 2. The molecule has 1 aromatic heterocycles. The third-order valence-electron chi connectivity index (χ3n) is 8.48. The van der Waals surface area contributed by atoms with E-state index in [0.717, 1.165) is 4.90 Å². The van der Waals surface area contributed by atoms with Crippen LogP contribution >= 0.6 is 23.5 Å². The number of nitrogens with zero attached hydrogens (tertiary/aromatic N) is 3. The van der Waals surface area contributed by atoms with Gasteiger partial charge in [-0.1, -0.05) is 29.4 Å². The summed E-state index contributed by atoms with van der Waals surface area (Å²) in [5.74, 6) is -4.09. The molecule has 4 aliphatic rings. The molecule has 0 saturated carbocycles. The molecule has 4 aliphatic heterocycles. The Balaban J connectivity index is 0.000000215. The molecule has 2 saturated heterocycles. The summed E-state index contributed by atoms with van der Waals surface area (Å²) < 4.78 is 9.79. The highest BCUT2D eigenvalue weighted by Crippen LogP contribution is 2.42. The maximum atomic E-state index is 12.6. The molecule has 20 nitrogen and oxygen atoms in total. The van der Waals surface area contributed by atoms with Crippen molar-refractivity contribution in [2.75, 3.05) is 25.2 Å². The lowest BCUT2D eigenvalue weighted by molar-refractivity contribution is -0.150. The number of furan rings is 1. The second kappa shape index (κ2) is 17.5. The number of nitrogens with one attached hydrogen (secondary N) is 2. The zero-order chi connectivity index (χ0) is 40.8. The Hall–Kier alpha value is -6.26. The number of benzene rings is 1. The summed E-state index contributed by atoms with van der Waals surface area (Å²) in [5, 5.41) is 35.9. The van der Waals surface area contributed by atoms with E-state index < -0.39 is 70.5 Å². The Kier molecular flexibility index (Phi) is 12.8. The highest BCUT2D eigenvalue weighted by atomic mass is 32.2. The number of aliphatic carboxylic acids is 2. The molecule has 2 fully saturated rings. The first kappa shape index (κ1) is 40.9. The summed E-state index contributed by atoms with van der Waals surface area (Å²) in [6.07, 6.45) is 3.68. The molecule has 1 aromatic carbocycles. The van der Waals surface area contributed by atoms with Crippen LogP contribution in [0.1, 0.15) is 24.3 Å². The molecule has 0 unspecified atom stereocenters. The number of allylic oxidation sites excluding steroid dienone is 2. The minimum atomic E-state index is -1.35. The summed E-state index contributed by atoms with van der Waals surface area (Å²) in [4.78, 5) is 91.0. The third kappa shape index (κ3) is 8.35. The van der Waals surface area contributed by atoms with Crippen LogP contribution in [0.3, 0.4) is 0 Å². The Bertz CT molecular complexity index is 2050. The van der Waals surface area contributed by atoms with Crippen LogP contribution < -0.4 is 22.1 Å². The predicted molar refractivity (Wildman–Crippen MR) is 197 cm³/mol. The van der Waals surface area contributed by atoms with Crippen LogP contribution in [0.2, 0.25) is 0 Å². The van der Waals surface area contributed by atoms with Gasteiger partial charge in [0.05, 0.1) is 6.26 Å². The number of fused-ring (bicyclic) bond motifs is 2. The number of primary amides is 1. The van der Waals surface area contributed by atoms with Crippen LogP contribution in [-0.4, -0.2) is 121 Å². The molecular formula is C34H35N7O13S2. The predicted octanol–water partition coefficient (Wildman–Crippen LogP) is 0.171. The minimum absolute atomic E-state index is 0.0461. The number of rotatable bonds is 12. The Morgan fingerprint density at radius 2 is 1.59 bits per heavy atom. The maximum absolute atomic E-state index is 12.6. The van der Waals surface area contributed by atoms with Gasteiger partial charge in [-0.2, -0.15) is 0 Å². The SMILES string of the molecule is CC=CC1=C(C(=O)O)N2C(=O)[C@@H](NC(=O)[C@H](N)c3ccc(O)cc3)[C@@H]2SC1.CO/N=C(\C(=O)N[C@@H]1C(=O)N2C(C(=O)O)=C(COC(N)=O)CS[C@@H]12)c1ccco1. The molecule has 5 amide bonds. The van der Waals surface area contributed by atoms with Crippen molar-refractivity contribution in [1.82, 2.24) is 20.4 Å². The maximum Gasteiger partial charge on any atom is 0.404 e. The number of phenolic OH excluding ortho intramolecular Hbond substituents is 1. The average Bonchev–Trinajstić information content (AvgIpc) is 3.71. The van der Waals surface area contributed by atoms with Crippen molar-refractivity contribution in [1.29, 1.82) is 0 Å². The standard InChI is InChI=1S/C18H19N3O5S.C16H16N4O8S/c1-2-3-10-8-27-17-13(16(24)21(17)14(10)18(25)26)20-15(23)12(19)9-4-6-11(22)7-5-9;1-26-19-9(8-3-2-4-27-8)12(21)18-10-13(22)20-11(15(23)24)7(5-28-16(17)25)6-29-14(10)20/h2-7,12-13,17,22H,8,19H2,1H3,(H,20,23)(H,25,26);2-4,10,14H,5-6H2,1H3,(H2,17,25)(H,18,21)(H,23,24)/b;19-9-/t12-,13-,17+;10-,14+/m11/s1. The number of ether oxygens (including phenoxy) is 1. The number of oxime groups is 1. The zero-order valence-electron chi connectivity index (χ0n) is 29.4. The number of aromatic hydroxyl groups is 1.